The minimum Gasteiger partial charge on any atom is -0.486 e. The lowest BCUT2D eigenvalue weighted by atomic mass is 10.2. The highest BCUT2D eigenvalue weighted by molar-refractivity contribution is 5.94. The molecule has 0 unspecified atom stereocenters. The van der Waals surface area contributed by atoms with Crippen molar-refractivity contribution in [3.8, 4) is 11.5 Å². The molecule has 98 valence electrons. The largest absolute Gasteiger partial charge is 0.486 e. The molecule has 0 saturated heterocycles. The van der Waals surface area contributed by atoms with Crippen LogP contribution in [0.4, 0.5) is 0 Å². The Balaban J connectivity index is 2.37. The number of ether oxygens (including phenoxy) is 2. The first-order chi connectivity index (χ1) is 8.37. The molecule has 0 bridgehead atoms. The van der Waals surface area contributed by atoms with Crippen molar-refractivity contribution in [2.75, 3.05) is 0 Å². The maximum Gasteiger partial charge on any atom is 0.271 e. The zero-order valence-corrected chi connectivity index (χ0v) is 10.9. The minimum absolute atomic E-state index is 0.114. The zero-order valence-electron chi connectivity index (χ0n) is 10.9. The van der Waals surface area contributed by atoms with E-state index in [-0.39, 0.29) is 11.8 Å². The minimum atomic E-state index is -0.615. The number of carbonyl (C=O) groups is 1. The van der Waals surface area contributed by atoms with Crippen LogP contribution >= 0.6 is 0 Å². The third kappa shape index (κ3) is 3.12. The smallest absolute Gasteiger partial charge is 0.271 e. The van der Waals surface area contributed by atoms with E-state index in [1.807, 2.05) is 20.8 Å². The van der Waals surface area contributed by atoms with Crippen LogP contribution in [0.5, 0.6) is 11.5 Å². The summed E-state index contributed by atoms with van der Waals surface area (Å²) in [7, 11) is 0. The van der Waals surface area contributed by atoms with Crippen molar-refractivity contribution in [3.05, 3.63) is 18.0 Å². The predicted octanol–water partition coefficient (Wildman–Crippen LogP) is 1.90. The summed E-state index contributed by atoms with van der Waals surface area (Å²) in [4.78, 5) is 15.4. The van der Waals surface area contributed by atoms with Gasteiger partial charge in [0, 0.05) is 12.3 Å². The summed E-state index contributed by atoms with van der Waals surface area (Å²) in [5.74, 6) is 0.260. The Kier molecular flexibility index (Phi) is 3.15. The second-order valence-corrected chi connectivity index (χ2v) is 5.38. The van der Waals surface area contributed by atoms with Crippen LogP contribution in [-0.2, 0) is 0 Å². The van der Waals surface area contributed by atoms with Gasteiger partial charge in [0.2, 0.25) is 0 Å². The molecule has 1 fully saturated rings. The van der Waals surface area contributed by atoms with E-state index in [2.05, 4.69) is 4.98 Å². The second-order valence-electron chi connectivity index (χ2n) is 5.38. The number of hydrogen-bond donors (Lipinski definition) is 1. The Labute approximate surface area is 106 Å². The van der Waals surface area contributed by atoms with Crippen molar-refractivity contribution in [1.82, 2.24) is 4.98 Å². The van der Waals surface area contributed by atoms with Gasteiger partial charge in [0.1, 0.15) is 5.60 Å². The lowest BCUT2D eigenvalue weighted by Gasteiger charge is -2.24. The molecule has 1 aromatic rings. The Morgan fingerprint density at radius 1 is 1.44 bits per heavy atom. The van der Waals surface area contributed by atoms with Crippen molar-refractivity contribution >= 4 is 5.91 Å². The molecule has 0 aromatic carbocycles. The molecule has 1 aliphatic carbocycles. The Bertz CT molecular complexity index is 462. The second kappa shape index (κ2) is 4.48. The van der Waals surface area contributed by atoms with E-state index in [4.69, 9.17) is 15.2 Å². The SMILES string of the molecule is CC(C)(C)Oc1c(OC2CC2)ccnc1C(N)=O. The number of amides is 1. The summed E-state index contributed by atoms with van der Waals surface area (Å²) in [5.41, 5.74) is 4.98. The summed E-state index contributed by atoms with van der Waals surface area (Å²) < 4.78 is 11.5. The summed E-state index contributed by atoms with van der Waals surface area (Å²) in [6.45, 7) is 5.68. The van der Waals surface area contributed by atoms with Gasteiger partial charge < -0.3 is 15.2 Å². The summed E-state index contributed by atoms with van der Waals surface area (Å²) >= 11 is 0. The highest BCUT2D eigenvalue weighted by Gasteiger charge is 2.28. The van der Waals surface area contributed by atoms with E-state index < -0.39 is 11.5 Å². The van der Waals surface area contributed by atoms with Crippen LogP contribution in [-0.4, -0.2) is 22.6 Å². The molecule has 0 aliphatic heterocycles. The standard InChI is InChI=1S/C13H18N2O3/c1-13(2,3)18-11-9(17-8-4-5-8)6-7-15-10(11)12(14)16/h6-8H,4-5H2,1-3H3,(H2,14,16). The van der Waals surface area contributed by atoms with Gasteiger partial charge in [0.15, 0.2) is 17.2 Å². The zero-order chi connectivity index (χ0) is 13.3. The Hall–Kier alpha value is -1.78. The molecule has 18 heavy (non-hydrogen) atoms. The van der Waals surface area contributed by atoms with Crippen LogP contribution < -0.4 is 15.2 Å². The third-order valence-corrected chi connectivity index (χ3v) is 2.33. The van der Waals surface area contributed by atoms with Gasteiger partial charge >= 0.3 is 0 Å². The van der Waals surface area contributed by atoms with E-state index in [1.54, 1.807) is 6.07 Å². The highest BCUT2D eigenvalue weighted by atomic mass is 16.5. The lowest BCUT2D eigenvalue weighted by molar-refractivity contribution is 0.0960. The molecular formula is C13H18N2O3. The summed E-state index contributed by atoms with van der Waals surface area (Å²) in [6.07, 6.45) is 3.79. The van der Waals surface area contributed by atoms with E-state index in [9.17, 15) is 4.79 Å². The van der Waals surface area contributed by atoms with Crippen molar-refractivity contribution in [2.24, 2.45) is 5.73 Å². The molecule has 1 aliphatic rings. The Morgan fingerprint density at radius 2 is 2.11 bits per heavy atom. The molecule has 0 radical (unpaired) electrons. The average molecular weight is 250 g/mol. The fourth-order valence-corrected chi connectivity index (χ4v) is 1.47. The highest BCUT2D eigenvalue weighted by Crippen LogP contribution is 2.36. The van der Waals surface area contributed by atoms with Crippen molar-refractivity contribution < 1.29 is 14.3 Å². The van der Waals surface area contributed by atoms with Gasteiger partial charge in [-0.3, -0.25) is 4.79 Å². The van der Waals surface area contributed by atoms with Crippen LogP contribution in [0.15, 0.2) is 12.3 Å². The molecule has 2 N–H and O–H groups in total. The van der Waals surface area contributed by atoms with E-state index in [0.29, 0.717) is 11.5 Å². The number of aromatic nitrogens is 1. The lowest BCUT2D eigenvalue weighted by Crippen LogP contribution is -2.26. The normalized spacial score (nSPS) is 15.3. The predicted molar refractivity (Wildman–Crippen MR) is 66.8 cm³/mol. The molecule has 0 spiro atoms. The van der Waals surface area contributed by atoms with E-state index in [0.717, 1.165) is 12.8 Å². The first-order valence-corrected chi connectivity index (χ1v) is 6.01. The molecule has 5 nitrogen and oxygen atoms in total. The maximum atomic E-state index is 11.4. The third-order valence-electron chi connectivity index (χ3n) is 2.33. The fraction of sp³-hybridized carbons (Fsp3) is 0.538. The average Bonchev–Trinajstić information content (AvgIpc) is 3.02. The number of pyridine rings is 1. The monoisotopic (exact) mass is 250 g/mol. The van der Waals surface area contributed by atoms with Crippen LogP contribution in [0.25, 0.3) is 0 Å². The molecule has 1 aromatic heterocycles. The number of nitrogens with two attached hydrogens (primary N) is 1. The van der Waals surface area contributed by atoms with Gasteiger partial charge in [0.25, 0.3) is 5.91 Å². The number of rotatable bonds is 4. The van der Waals surface area contributed by atoms with Gasteiger partial charge in [-0.1, -0.05) is 0 Å². The molecule has 1 amide bonds. The quantitative estimate of drug-likeness (QED) is 0.885. The fourth-order valence-electron chi connectivity index (χ4n) is 1.47. The van der Waals surface area contributed by atoms with Gasteiger partial charge in [-0.15, -0.1) is 0 Å². The van der Waals surface area contributed by atoms with Crippen molar-refractivity contribution in [2.45, 2.75) is 45.3 Å². The first-order valence-electron chi connectivity index (χ1n) is 6.01. The van der Waals surface area contributed by atoms with Crippen LogP contribution in [0, 0.1) is 0 Å². The summed E-state index contributed by atoms with van der Waals surface area (Å²) in [5, 5.41) is 0. The van der Waals surface area contributed by atoms with Crippen molar-refractivity contribution in [1.29, 1.82) is 0 Å². The maximum absolute atomic E-state index is 11.4. The summed E-state index contributed by atoms with van der Waals surface area (Å²) in [6, 6.07) is 1.70. The van der Waals surface area contributed by atoms with Gasteiger partial charge in [-0.05, 0) is 33.6 Å². The molecule has 5 heteroatoms. The molecule has 1 heterocycles. The van der Waals surface area contributed by atoms with Crippen LogP contribution in [0.1, 0.15) is 44.1 Å². The Morgan fingerprint density at radius 3 is 2.61 bits per heavy atom. The topological polar surface area (TPSA) is 74.4 Å². The van der Waals surface area contributed by atoms with Crippen LogP contribution in [0.3, 0.4) is 0 Å². The van der Waals surface area contributed by atoms with E-state index >= 15 is 0 Å². The molecule has 1 saturated carbocycles. The van der Waals surface area contributed by atoms with E-state index in [1.165, 1.54) is 6.20 Å². The first kappa shape index (κ1) is 12.7. The number of nitrogens with zero attached hydrogens (tertiary/aromatic N) is 1. The van der Waals surface area contributed by atoms with Gasteiger partial charge in [-0.2, -0.15) is 0 Å². The number of carbonyl (C=O) groups excluding carboxylic acids is 1. The van der Waals surface area contributed by atoms with Crippen LogP contribution in [0.2, 0.25) is 0 Å². The van der Waals surface area contributed by atoms with Gasteiger partial charge in [-0.25, -0.2) is 4.98 Å². The van der Waals surface area contributed by atoms with Gasteiger partial charge in [0.05, 0.1) is 6.10 Å². The van der Waals surface area contributed by atoms with Crippen molar-refractivity contribution in [3.63, 3.8) is 0 Å². The number of primary amides is 1. The molecule has 2 rings (SSSR count). The molecule has 0 atom stereocenters. The number of hydrogen-bond acceptors (Lipinski definition) is 4. The molecular weight excluding hydrogens is 232 g/mol.